The summed E-state index contributed by atoms with van der Waals surface area (Å²) in [6.45, 7) is 6.91. The zero-order chi connectivity index (χ0) is 23.9. The number of carbonyl (C=O) groups is 3. The number of hydrogen-bond donors (Lipinski definition) is 3. The summed E-state index contributed by atoms with van der Waals surface area (Å²) >= 11 is 1.48. The zero-order valence-corrected chi connectivity index (χ0v) is 19.7. The van der Waals surface area contributed by atoms with E-state index in [1.807, 2.05) is 18.2 Å². The van der Waals surface area contributed by atoms with Crippen LogP contribution in [0.3, 0.4) is 0 Å². The number of nitrogens with two attached hydrogens (primary N) is 1. The number of imidazole rings is 1. The summed E-state index contributed by atoms with van der Waals surface area (Å²) in [5.74, 6) is -0.466. The highest BCUT2D eigenvalue weighted by atomic mass is 32.2. The van der Waals surface area contributed by atoms with Gasteiger partial charge in [-0.1, -0.05) is 6.07 Å². The van der Waals surface area contributed by atoms with Gasteiger partial charge in [0, 0.05) is 24.8 Å². The molecule has 2 aliphatic heterocycles. The maximum atomic E-state index is 13.1. The molecule has 33 heavy (non-hydrogen) atoms. The van der Waals surface area contributed by atoms with E-state index in [4.69, 9.17) is 15.2 Å². The van der Waals surface area contributed by atoms with Gasteiger partial charge in [-0.3, -0.25) is 14.5 Å². The average molecular weight is 474 g/mol. The zero-order valence-electron chi connectivity index (χ0n) is 18.9. The monoisotopic (exact) mass is 473 g/mol. The highest BCUT2D eigenvalue weighted by Gasteiger charge is 2.54. The summed E-state index contributed by atoms with van der Waals surface area (Å²) in [6.07, 6.45) is 0. The maximum absolute atomic E-state index is 13.1. The molecule has 1 unspecified atom stereocenters. The first-order valence-corrected chi connectivity index (χ1v) is 11.6. The van der Waals surface area contributed by atoms with Crippen molar-refractivity contribution < 1.29 is 23.9 Å². The molecule has 2 aromatic rings. The van der Waals surface area contributed by atoms with Crippen molar-refractivity contribution in [3.63, 3.8) is 0 Å². The molecule has 176 valence electrons. The number of anilines is 1. The third-order valence-corrected chi connectivity index (χ3v) is 6.50. The van der Waals surface area contributed by atoms with Gasteiger partial charge < -0.3 is 25.5 Å². The van der Waals surface area contributed by atoms with Crippen LogP contribution in [0.1, 0.15) is 33.3 Å². The number of amides is 1. The summed E-state index contributed by atoms with van der Waals surface area (Å²) in [4.78, 5) is 46.5. The van der Waals surface area contributed by atoms with Crippen molar-refractivity contribution in [1.82, 2.24) is 14.9 Å². The minimum absolute atomic E-state index is 0.0709. The minimum atomic E-state index is -0.737. The standard InChI is InChI=1S/C22H27N5O5S/c1-11(28)31-9-13-10-33-19-16(18(29)27(19)17(13)20(30)32-22(2,3)4)26-21-24-14-6-5-12(8-23)7-15(14)25-21/h5-7,16,19H,8-10,23H2,1-4H3,(H2,24,25,26)/t16?,19-/m1/s1. The molecule has 3 heterocycles. The SMILES string of the molecule is CC(=O)OCC1=C(C(=O)OC(C)(C)C)N2C(=O)C(Nc3nc4cc(CN)ccc4[nH]3)[C@H]2SC1. The smallest absolute Gasteiger partial charge is 0.355 e. The Hall–Kier alpha value is -3.05. The Morgan fingerprint density at radius 2 is 2.12 bits per heavy atom. The molecule has 10 nitrogen and oxygen atoms in total. The molecular weight excluding hydrogens is 446 g/mol. The van der Waals surface area contributed by atoms with Gasteiger partial charge in [-0.2, -0.15) is 0 Å². The topological polar surface area (TPSA) is 140 Å². The highest BCUT2D eigenvalue weighted by Crippen LogP contribution is 2.42. The molecule has 0 radical (unpaired) electrons. The molecule has 1 aromatic carbocycles. The second-order valence-electron chi connectivity index (χ2n) is 8.91. The Balaban J connectivity index is 1.57. The first-order chi connectivity index (χ1) is 15.6. The number of nitrogens with zero attached hydrogens (tertiary/aromatic N) is 2. The summed E-state index contributed by atoms with van der Waals surface area (Å²) in [6, 6.07) is 5.13. The van der Waals surface area contributed by atoms with E-state index in [2.05, 4.69) is 15.3 Å². The van der Waals surface area contributed by atoms with Gasteiger partial charge in [0.05, 0.1) is 11.0 Å². The van der Waals surface area contributed by atoms with Gasteiger partial charge >= 0.3 is 11.9 Å². The molecule has 1 fully saturated rings. The number of ether oxygens (including phenoxy) is 2. The fourth-order valence-electron chi connectivity index (χ4n) is 3.69. The number of H-pyrrole nitrogens is 1. The lowest BCUT2D eigenvalue weighted by atomic mass is 10.0. The minimum Gasteiger partial charge on any atom is -0.461 e. The van der Waals surface area contributed by atoms with Crippen LogP contribution in [0, 0.1) is 0 Å². The molecule has 0 spiro atoms. The lowest BCUT2D eigenvalue weighted by molar-refractivity contribution is -0.157. The van der Waals surface area contributed by atoms with Crippen LogP contribution >= 0.6 is 11.8 Å². The van der Waals surface area contributed by atoms with Crippen LogP contribution in [0.2, 0.25) is 0 Å². The van der Waals surface area contributed by atoms with Gasteiger partial charge in [-0.15, -0.1) is 11.8 Å². The first-order valence-electron chi connectivity index (χ1n) is 10.6. The number of aromatic nitrogens is 2. The Bertz CT molecular complexity index is 1150. The van der Waals surface area contributed by atoms with E-state index >= 15 is 0 Å². The molecule has 1 saturated heterocycles. The highest BCUT2D eigenvalue weighted by molar-refractivity contribution is 8.00. The van der Waals surface area contributed by atoms with E-state index in [1.165, 1.54) is 23.6 Å². The number of esters is 2. The molecular formula is C22H27N5O5S. The normalized spacial score (nSPS) is 20.4. The van der Waals surface area contributed by atoms with Gasteiger partial charge in [0.2, 0.25) is 5.95 Å². The van der Waals surface area contributed by atoms with Gasteiger partial charge in [-0.05, 0) is 38.5 Å². The molecule has 11 heteroatoms. The third kappa shape index (κ3) is 4.69. The number of thioether (sulfide) groups is 1. The van der Waals surface area contributed by atoms with Crippen molar-refractivity contribution in [1.29, 1.82) is 0 Å². The predicted octanol–water partition coefficient (Wildman–Crippen LogP) is 1.88. The molecule has 4 N–H and O–H groups in total. The van der Waals surface area contributed by atoms with Crippen LogP contribution < -0.4 is 11.1 Å². The van der Waals surface area contributed by atoms with Crippen LogP contribution in [0.15, 0.2) is 29.5 Å². The predicted molar refractivity (Wildman–Crippen MR) is 124 cm³/mol. The summed E-state index contributed by atoms with van der Waals surface area (Å²) in [5.41, 5.74) is 8.19. The number of benzene rings is 1. The van der Waals surface area contributed by atoms with Crippen LogP contribution in [-0.2, 0) is 30.4 Å². The van der Waals surface area contributed by atoms with Crippen molar-refractivity contribution in [2.45, 2.75) is 51.3 Å². The fraction of sp³-hybridized carbons (Fsp3) is 0.455. The van der Waals surface area contributed by atoms with E-state index in [-0.39, 0.29) is 23.6 Å². The quantitative estimate of drug-likeness (QED) is 0.424. The first kappa shape index (κ1) is 23.1. The van der Waals surface area contributed by atoms with Crippen LogP contribution in [0.4, 0.5) is 5.95 Å². The van der Waals surface area contributed by atoms with E-state index in [1.54, 1.807) is 20.8 Å². The van der Waals surface area contributed by atoms with Gasteiger partial charge in [0.25, 0.3) is 5.91 Å². The Labute approximate surface area is 195 Å². The number of hydrogen-bond acceptors (Lipinski definition) is 9. The van der Waals surface area contributed by atoms with Gasteiger partial charge in [-0.25, -0.2) is 9.78 Å². The van der Waals surface area contributed by atoms with E-state index in [0.717, 1.165) is 16.6 Å². The number of carbonyl (C=O) groups excluding carboxylic acids is 3. The fourth-order valence-corrected chi connectivity index (χ4v) is 5.02. The van der Waals surface area contributed by atoms with Crippen molar-refractivity contribution in [3.8, 4) is 0 Å². The van der Waals surface area contributed by atoms with Gasteiger partial charge in [0.15, 0.2) is 0 Å². The molecule has 0 bridgehead atoms. The van der Waals surface area contributed by atoms with Gasteiger partial charge in [0.1, 0.15) is 29.3 Å². The second kappa shape index (κ2) is 8.71. The molecule has 0 saturated carbocycles. The largest absolute Gasteiger partial charge is 0.461 e. The van der Waals surface area contributed by atoms with Crippen molar-refractivity contribution >= 4 is 46.6 Å². The molecule has 0 aliphatic carbocycles. The molecule has 1 aromatic heterocycles. The Kier molecular flexibility index (Phi) is 6.10. The lowest BCUT2D eigenvalue weighted by Crippen LogP contribution is -2.68. The Morgan fingerprint density at radius 1 is 1.36 bits per heavy atom. The summed E-state index contributed by atoms with van der Waals surface area (Å²) < 4.78 is 10.7. The van der Waals surface area contributed by atoms with Crippen molar-refractivity contribution in [2.24, 2.45) is 5.73 Å². The van der Waals surface area contributed by atoms with Crippen molar-refractivity contribution in [3.05, 3.63) is 35.0 Å². The number of aromatic amines is 1. The summed E-state index contributed by atoms with van der Waals surface area (Å²) in [7, 11) is 0. The third-order valence-electron chi connectivity index (χ3n) is 5.16. The Morgan fingerprint density at radius 3 is 2.79 bits per heavy atom. The number of β-lactam (4-membered cyclic amide) rings is 1. The maximum Gasteiger partial charge on any atom is 0.355 e. The van der Waals surface area contributed by atoms with E-state index in [0.29, 0.717) is 23.8 Å². The number of nitrogens with one attached hydrogen (secondary N) is 2. The summed E-state index contributed by atoms with van der Waals surface area (Å²) in [5, 5.41) is 2.83. The van der Waals surface area contributed by atoms with Crippen LogP contribution in [0.5, 0.6) is 0 Å². The molecule has 2 atom stereocenters. The lowest BCUT2D eigenvalue weighted by Gasteiger charge is -2.49. The van der Waals surface area contributed by atoms with E-state index in [9.17, 15) is 14.4 Å². The molecule has 4 rings (SSSR count). The number of rotatable bonds is 6. The number of fused-ring (bicyclic) bond motifs is 2. The molecule has 2 aliphatic rings. The van der Waals surface area contributed by atoms with Crippen LogP contribution in [0.25, 0.3) is 11.0 Å². The van der Waals surface area contributed by atoms with E-state index < -0.39 is 23.6 Å². The van der Waals surface area contributed by atoms with Crippen LogP contribution in [-0.4, -0.2) is 62.1 Å². The van der Waals surface area contributed by atoms with Crippen molar-refractivity contribution in [2.75, 3.05) is 17.7 Å². The average Bonchev–Trinajstić information content (AvgIpc) is 3.15. The second-order valence-corrected chi connectivity index (χ2v) is 10.0. The molecule has 1 amide bonds.